The second-order valence-electron chi connectivity index (χ2n) is 3.61. The predicted octanol–water partition coefficient (Wildman–Crippen LogP) is 1.85. The van der Waals surface area contributed by atoms with Gasteiger partial charge in [-0.15, -0.1) is 0 Å². The van der Waals surface area contributed by atoms with E-state index in [1.165, 1.54) is 30.5 Å². The Kier molecular flexibility index (Phi) is 3.82. The molecule has 0 aliphatic carbocycles. The Morgan fingerprint density at radius 2 is 1.95 bits per heavy atom. The van der Waals surface area contributed by atoms with Crippen LogP contribution in [-0.4, -0.2) is 19.3 Å². The van der Waals surface area contributed by atoms with Crippen molar-refractivity contribution in [3.8, 4) is 0 Å². The first-order chi connectivity index (χ1) is 8.99. The number of benzene rings is 1. The fourth-order valence-corrected chi connectivity index (χ4v) is 2.63. The summed E-state index contributed by atoms with van der Waals surface area (Å²) in [5, 5.41) is 0.271. The second kappa shape index (κ2) is 5.38. The fraction of sp³-hybridized carbons (Fsp3) is 0. The van der Waals surface area contributed by atoms with Gasteiger partial charge in [0, 0.05) is 11.2 Å². The summed E-state index contributed by atoms with van der Waals surface area (Å²) in [4.78, 5) is 15.4. The first-order valence-electron chi connectivity index (χ1n) is 5.23. The van der Waals surface area contributed by atoms with E-state index in [1.54, 1.807) is 18.2 Å². The summed E-state index contributed by atoms with van der Waals surface area (Å²) in [6.07, 6.45) is 1.40. The summed E-state index contributed by atoms with van der Waals surface area (Å²) in [5.41, 5.74) is 0.0214. The number of pyridine rings is 1. The molecule has 1 N–H and O–H groups in total. The van der Waals surface area contributed by atoms with Gasteiger partial charge in [0.1, 0.15) is 5.69 Å². The van der Waals surface area contributed by atoms with E-state index >= 15 is 0 Å². The molecule has 2 rings (SSSR count). The molecule has 1 amide bonds. The largest absolute Gasteiger partial charge is 0.283 e. The van der Waals surface area contributed by atoms with Crippen LogP contribution in [0.25, 0.3) is 0 Å². The molecule has 2 aromatic rings. The molecular weight excluding hydrogens is 288 g/mol. The zero-order chi connectivity index (χ0) is 13.9. The van der Waals surface area contributed by atoms with Crippen molar-refractivity contribution in [2.45, 2.75) is 4.90 Å². The Hall–Kier alpha value is -1.92. The van der Waals surface area contributed by atoms with Gasteiger partial charge < -0.3 is 0 Å². The molecule has 98 valence electrons. The number of hydrogen-bond donors (Lipinski definition) is 1. The topological polar surface area (TPSA) is 76.1 Å². The van der Waals surface area contributed by atoms with Gasteiger partial charge in [-0.05, 0) is 30.3 Å². The maximum Gasteiger partial charge on any atom is 0.283 e. The highest BCUT2D eigenvalue weighted by atomic mass is 35.5. The molecule has 1 aromatic heterocycles. The minimum absolute atomic E-state index is 0.0214. The Bertz CT molecular complexity index is 702. The average molecular weight is 297 g/mol. The van der Waals surface area contributed by atoms with E-state index in [-0.39, 0.29) is 15.6 Å². The minimum Gasteiger partial charge on any atom is -0.266 e. The molecule has 0 unspecified atom stereocenters. The Morgan fingerprint density at radius 1 is 1.16 bits per heavy atom. The standard InChI is InChI=1S/C12H9ClN2O3S/c13-9-4-3-5-10(8-9)19(17,18)15-12(16)11-6-1-2-7-14-11/h1-8H,(H,15,16). The number of carbonyl (C=O) groups is 1. The molecule has 0 saturated heterocycles. The third-order valence-corrected chi connectivity index (χ3v) is 3.79. The summed E-state index contributed by atoms with van der Waals surface area (Å²) >= 11 is 5.71. The SMILES string of the molecule is O=C(NS(=O)(=O)c1cccc(Cl)c1)c1ccccn1. The Morgan fingerprint density at radius 3 is 2.58 bits per heavy atom. The van der Waals surface area contributed by atoms with Crippen LogP contribution in [0.5, 0.6) is 0 Å². The van der Waals surface area contributed by atoms with Crippen molar-refractivity contribution in [1.82, 2.24) is 9.71 Å². The van der Waals surface area contributed by atoms with Gasteiger partial charge in [-0.2, -0.15) is 0 Å². The molecule has 0 aliphatic heterocycles. The number of halogens is 1. The van der Waals surface area contributed by atoms with Gasteiger partial charge in [-0.1, -0.05) is 23.7 Å². The highest BCUT2D eigenvalue weighted by molar-refractivity contribution is 7.90. The normalized spacial score (nSPS) is 11.0. The fourth-order valence-electron chi connectivity index (χ4n) is 1.36. The van der Waals surface area contributed by atoms with E-state index in [1.807, 2.05) is 4.72 Å². The van der Waals surface area contributed by atoms with Crippen LogP contribution in [0.1, 0.15) is 10.5 Å². The zero-order valence-corrected chi connectivity index (χ0v) is 11.1. The van der Waals surface area contributed by atoms with Gasteiger partial charge in [0.2, 0.25) is 0 Å². The van der Waals surface area contributed by atoms with Crippen molar-refractivity contribution in [2.75, 3.05) is 0 Å². The molecule has 7 heteroatoms. The first kappa shape index (κ1) is 13.5. The lowest BCUT2D eigenvalue weighted by Gasteiger charge is -2.06. The van der Waals surface area contributed by atoms with E-state index in [4.69, 9.17) is 11.6 Å². The van der Waals surface area contributed by atoms with Gasteiger partial charge in [-0.25, -0.2) is 13.1 Å². The number of aromatic nitrogens is 1. The smallest absolute Gasteiger partial charge is 0.266 e. The molecule has 0 saturated carbocycles. The Labute approximate surface area is 115 Å². The molecular formula is C12H9ClN2O3S. The highest BCUT2D eigenvalue weighted by Gasteiger charge is 2.19. The molecule has 0 atom stereocenters. The van der Waals surface area contributed by atoms with Crippen LogP contribution in [-0.2, 0) is 10.0 Å². The van der Waals surface area contributed by atoms with Crippen molar-refractivity contribution in [2.24, 2.45) is 0 Å². The van der Waals surface area contributed by atoms with Gasteiger partial charge in [0.05, 0.1) is 4.90 Å². The lowest BCUT2D eigenvalue weighted by Crippen LogP contribution is -2.31. The van der Waals surface area contributed by atoms with Gasteiger partial charge in [0.25, 0.3) is 15.9 Å². The molecule has 0 fully saturated rings. The van der Waals surface area contributed by atoms with Crippen LogP contribution >= 0.6 is 11.6 Å². The van der Waals surface area contributed by atoms with Crippen LogP contribution in [0.3, 0.4) is 0 Å². The van der Waals surface area contributed by atoms with Crippen molar-refractivity contribution in [3.63, 3.8) is 0 Å². The summed E-state index contributed by atoms with van der Waals surface area (Å²) in [6.45, 7) is 0. The van der Waals surface area contributed by atoms with Crippen LogP contribution in [0.2, 0.25) is 5.02 Å². The third kappa shape index (κ3) is 3.30. The van der Waals surface area contributed by atoms with Crippen LogP contribution in [0, 0.1) is 0 Å². The second-order valence-corrected chi connectivity index (χ2v) is 5.73. The van der Waals surface area contributed by atoms with Gasteiger partial charge >= 0.3 is 0 Å². The first-order valence-corrected chi connectivity index (χ1v) is 7.09. The molecule has 1 aromatic carbocycles. The number of nitrogens with zero attached hydrogens (tertiary/aromatic N) is 1. The zero-order valence-electron chi connectivity index (χ0n) is 9.58. The number of hydrogen-bond acceptors (Lipinski definition) is 4. The monoisotopic (exact) mass is 296 g/mol. The lowest BCUT2D eigenvalue weighted by molar-refractivity contribution is 0.0976. The van der Waals surface area contributed by atoms with Crippen molar-refractivity contribution >= 4 is 27.5 Å². The van der Waals surface area contributed by atoms with E-state index < -0.39 is 15.9 Å². The average Bonchev–Trinajstić information content (AvgIpc) is 2.39. The lowest BCUT2D eigenvalue weighted by atomic mass is 10.3. The molecule has 1 heterocycles. The van der Waals surface area contributed by atoms with Gasteiger partial charge in [-0.3, -0.25) is 9.78 Å². The van der Waals surface area contributed by atoms with Crippen LogP contribution in [0.15, 0.2) is 53.6 Å². The predicted molar refractivity (Wildman–Crippen MR) is 70.3 cm³/mol. The van der Waals surface area contributed by atoms with Crippen LogP contribution in [0.4, 0.5) is 0 Å². The van der Waals surface area contributed by atoms with Crippen molar-refractivity contribution in [1.29, 1.82) is 0 Å². The number of nitrogens with one attached hydrogen (secondary N) is 1. The van der Waals surface area contributed by atoms with Crippen molar-refractivity contribution in [3.05, 3.63) is 59.4 Å². The highest BCUT2D eigenvalue weighted by Crippen LogP contribution is 2.15. The maximum absolute atomic E-state index is 11.9. The summed E-state index contributed by atoms with van der Waals surface area (Å²) in [7, 11) is -3.95. The molecule has 0 aliphatic rings. The number of sulfonamides is 1. The summed E-state index contributed by atoms with van der Waals surface area (Å²) in [5.74, 6) is -0.791. The number of amides is 1. The van der Waals surface area contributed by atoms with Gasteiger partial charge in [0.15, 0.2) is 0 Å². The summed E-state index contributed by atoms with van der Waals surface area (Å²) in [6, 6.07) is 10.3. The quantitative estimate of drug-likeness (QED) is 0.938. The van der Waals surface area contributed by atoms with Crippen LogP contribution < -0.4 is 4.72 Å². The minimum atomic E-state index is -3.95. The molecule has 0 spiro atoms. The molecule has 0 radical (unpaired) electrons. The molecule has 5 nitrogen and oxygen atoms in total. The summed E-state index contributed by atoms with van der Waals surface area (Å²) < 4.78 is 25.8. The number of carbonyl (C=O) groups excluding carboxylic acids is 1. The Balaban J connectivity index is 2.25. The van der Waals surface area contributed by atoms with E-state index in [0.29, 0.717) is 0 Å². The van der Waals surface area contributed by atoms with E-state index in [0.717, 1.165) is 0 Å². The van der Waals surface area contributed by atoms with E-state index in [9.17, 15) is 13.2 Å². The van der Waals surface area contributed by atoms with E-state index in [2.05, 4.69) is 4.98 Å². The maximum atomic E-state index is 11.9. The molecule has 19 heavy (non-hydrogen) atoms. The third-order valence-electron chi connectivity index (χ3n) is 2.23. The number of rotatable bonds is 3. The molecule has 0 bridgehead atoms. The van der Waals surface area contributed by atoms with Crippen molar-refractivity contribution < 1.29 is 13.2 Å².